The van der Waals surface area contributed by atoms with E-state index in [1.165, 1.54) is 0 Å². The zero-order valence-electron chi connectivity index (χ0n) is 17.3. The minimum absolute atomic E-state index is 0.117. The number of ether oxygens (including phenoxy) is 3. The molecule has 0 spiro atoms. The van der Waals surface area contributed by atoms with E-state index in [0.717, 1.165) is 0 Å². The second-order valence-electron chi connectivity index (χ2n) is 6.87. The number of halogens is 8. The molecule has 0 aromatic carbocycles. The van der Waals surface area contributed by atoms with Gasteiger partial charge in [-0.3, -0.25) is 4.79 Å². The van der Waals surface area contributed by atoms with Crippen molar-refractivity contribution in [1.82, 2.24) is 0 Å². The van der Waals surface area contributed by atoms with Crippen LogP contribution in [0.15, 0.2) is 11.3 Å². The lowest BCUT2D eigenvalue weighted by atomic mass is 9.83. The van der Waals surface area contributed by atoms with Crippen LogP contribution in [-0.2, 0) is 19.0 Å². The summed E-state index contributed by atoms with van der Waals surface area (Å²) in [5.74, 6) is -1.97. The molecule has 0 aromatic rings. The number of allylic oxidation sites excluding steroid dienone is 2. The van der Waals surface area contributed by atoms with Crippen molar-refractivity contribution in [2.75, 3.05) is 26.4 Å². The van der Waals surface area contributed by atoms with Crippen molar-refractivity contribution < 1.29 is 54.1 Å². The predicted molar refractivity (Wildman–Crippen MR) is 91.0 cm³/mol. The first-order chi connectivity index (χ1) is 13.4. The van der Waals surface area contributed by atoms with Gasteiger partial charge in [-0.2, -0.15) is 26.3 Å². The minimum atomic E-state index is -5.82. The maximum Gasteiger partial charge on any atom is 0.426 e. The van der Waals surface area contributed by atoms with Crippen LogP contribution in [0.2, 0.25) is 0 Å². The van der Waals surface area contributed by atoms with Gasteiger partial charge in [0.1, 0.15) is 13.2 Å². The van der Waals surface area contributed by atoms with Crippen LogP contribution < -0.4 is 0 Å². The van der Waals surface area contributed by atoms with Crippen molar-refractivity contribution in [3.8, 4) is 0 Å². The summed E-state index contributed by atoms with van der Waals surface area (Å²) in [6.45, 7) is 2.46. The van der Waals surface area contributed by atoms with Crippen molar-refractivity contribution in [1.29, 1.82) is 0 Å². The summed E-state index contributed by atoms with van der Waals surface area (Å²) in [6, 6.07) is 0. The van der Waals surface area contributed by atoms with Gasteiger partial charge in [0.15, 0.2) is 0 Å². The van der Waals surface area contributed by atoms with Gasteiger partial charge >= 0.3 is 18.3 Å². The van der Waals surface area contributed by atoms with Crippen LogP contribution in [0.25, 0.3) is 0 Å². The topological polar surface area (TPSA) is 44.8 Å². The van der Waals surface area contributed by atoms with Gasteiger partial charge in [0.05, 0.1) is 30.5 Å². The number of esters is 1. The standard InChI is InChI=1S/C18H26F8O4/c1-6-11(2)14(27)30-10-8-28-7-9-29-12(3)13(15(4,19)17(21,22)23)16(5,20)18(24,25)26/h11H,6-10H2,1-5H3. The molecule has 0 fully saturated rings. The van der Waals surface area contributed by atoms with Crippen molar-refractivity contribution >= 4 is 5.97 Å². The third-order valence-electron chi connectivity index (χ3n) is 4.39. The molecule has 0 heterocycles. The van der Waals surface area contributed by atoms with Gasteiger partial charge in [-0.1, -0.05) is 13.8 Å². The fraction of sp³-hybridized carbons (Fsp3) is 0.833. The lowest BCUT2D eigenvalue weighted by Crippen LogP contribution is -2.52. The number of alkyl halides is 8. The van der Waals surface area contributed by atoms with E-state index in [1.807, 2.05) is 0 Å². The normalized spacial score (nSPS) is 17.5. The Bertz CT molecular complexity index is 566. The van der Waals surface area contributed by atoms with Crippen LogP contribution >= 0.6 is 0 Å². The van der Waals surface area contributed by atoms with E-state index in [-0.39, 0.29) is 39.6 Å². The maximum atomic E-state index is 14.3. The molecule has 0 amide bonds. The second kappa shape index (κ2) is 10.6. The van der Waals surface area contributed by atoms with Gasteiger partial charge in [0.25, 0.3) is 0 Å². The molecule has 0 saturated carbocycles. The molecular weight excluding hydrogens is 432 g/mol. The number of carbonyl (C=O) groups is 1. The van der Waals surface area contributed by atoms with Gasteiger partial charge in [-0.25, -0.2) is 8.78 Å². The molecule has 30 heavy (non-hydrogen) atoms. The molecule has 178 valence electrons. The Morgan fingerprint density at radius 3 is 1.57 bits per heavy atom. The SMILES string of the molecule is CCC(C)C(=O)OCCOCCOC(C)=C(C(C)(F)C(F)(F)F)C(C)(F)C(F)(F)F. The molecular formula is C18H26F8O4. The zero-order valence-corrected chi connectivity index (χ0v) is 17.3. The molecule has 12 heteroatoms. The summed E-state index contributed by atoms with van der Waals surface area (Å²) in [5.41, 5.74) is -11.5. The highest BCUT2D eigenvalue weighted by molar-refractivity contribution is 5.71. The molecule has 0 bridgehead atoms. The predicted octanol–water partition coefficient (Wildman–Crippen LogP) is 5.46. The van der Waals surface area contributed by atoms with Gasteiger partial charge in [-0.05, 0) is 27.2 Å². The van der Waals surface area contributed by atoms with E-state index in [9.17, 15) is 39.9 Å². The summed E-state index contributed by atoms with van der Waals surface area (Å²) < 4.78 is 121. The molecule has 3 unspecified atom stereocenters. The van der Waals surface area contributed by atoms with E-state index < -0.39 is 47.6 Å². The molecule has 0 aliphatic heterocycles. The maximum absolute atomic E-state index is 14.3. The quantitative estimate of drug-likeness (QED) is 0.178. The van der Waals surface area contributed by atoms with Crippen molar-refractivity contribution in [3.63, 3.8) is 0 Å². The highest BCUT2D eigenvalue weighted by atomic mass is 19.4. The van der Waals surface area contributed by atoms with Crippen molar-refractivity contribution in [2.45, 2.75) is 64.7 Å². The number of hydrogen-bond acceptors (Lipinski definition) is 4. The van der Waals surface area contributed by atoms with Gasteiger partial charge < -0.3 is 14.2 Å². The van der Waals surface area contributed by atoms with Crippen molar-refractivity contribution in [2.24, 2.45) is 5.92 Å². The lowest BCUT2D eigenvalue weighted by molar-refractivity contribution is -0.245. The summed E-state index contributed by atoms with van der Waals surface area (Å²) in [6.07, 6.45) is -11.1. The Balaban J connectivity index is 5.10. The first-order valence-electron chi connectivity index (χ1n) is 9.01. The molecule has 0 aliphatic carbocycles. The van der Waals surface area contributed by atoms with Crippen molar-refractivity contribution in [3.05, 3.63) is 11.3 Å². The fourth-order valence-corrected chi connectivity index (χ4v) is 2.32. The molecule has 0 aliphatic rings. The highest BCUT2D eigenvalue weighted by Crippen LogP contribution is 2.51. The molecule has 3 atom stereocenters. The summed E-state index contributed by atoms with van der Waals surface area (Å²) in [5, 5.41) is 0. The Kier molecular flexibility index (Phi) is 10.1. The third-order valence-corrected chi connectivity index (χ3v) is 4.39. The Morgan fingerprint density at radius 2 is 1.20 bits per heavy atom. The Hall–Kier alpha value is -1.59. The highest BCUT2D eigenvalue weighted by Gasteiger charge is 2.67. The van der Waals surface area contributed by atoms with Crippen LogP contribution in [0.3, 0.4) is 0 Å². The number of carbonyl (C=O) groups excluding carboxylic acids is 1. The molecule has 0 aromatic heterocycles. The number of hydrogen-bond donors (Lipinski definition) is 0. The summed E-state index contributed by atoms with van der Waals surface area (Å²) in [4.78, 5) is 11.4. The molecule has 0 saturated heterocycles. The van der Waals surface area contributed by atoms with Crippen LogP contribution in [0.4, 0.5) is 35.1 Å². The molecule has 4 nitrogen and oxygen atoms in total. The van der Waals surface area contributed by atoms with Gasteiger partial charge in [-0.15, -0.1) is 0 Å². The Labute approximate surface area is 169 Å². The average molecular weight is 458 g/mol. The van der Waals surface area contributed by atoms with Gasteiger partial charge in [0.2, 0.25) is 11.3 Å². The monoisotopic (exact) mass is 458 g/mol. The van der Waals surface area contributed by atoms with Crippen LogP contribution in [0, 0.1) is 5.92 Å². The summed E-state index contributed by atoms with van der Waals surface area (Å²) >= 11 is 0. The number of rotatable bonds is 11. The first-order valence-corrected chi connectivity index (χ1v) is 9.01. The first kappa shape index (κ1) is 28.4. The Morgan fingerprint density at radius 1 is 0.800 bits per heavy atom. The van der Waals surface area contributed by atoms with Gasteiger partial charge in [0, 0.05) is 0 Å². The fourth-order valence-electron chi connectivity index (χ4n) is 2.32. The zero-order chi connectivity index (χ0) is 24.0. The van der Waals surface area contributed by atoms with Crippen LogP contribution in [0.1, 0.15) is 41.0 Å². The van der Waals surface area contributed by atoms with E-state index >= 15 is 0 Å². The van der Waals surface area contributed by atoms with E-state index in [2.05, 4.69) is 0 Å². The largest absolute Gasteiger partial charge is 0.496 e. The van der Waals surface area contributed by atoms with E-state index in [1.54, 1.807) is 13.8 Å². The molecule has 0 radical (unpaired) electrons. The van der Waals surface area contributed by atoms with Crippen LogP contribution in [0.5, 0.6) is 0 Å². The summed E-state index contributed by atoms with van der Waals surface area (Å²) in [7, 11) is 0. The third kappa shape index (κ3) is 7.28. The van der Waals surface area contributed by atoms with E-state index in [0.29, 0.717) is 13.3 Å². The average Bonchev–Trinajstić information content (AvgIpc) is 2.57. The smallest absolute Gasteiger partial charge is 0.426 e. The second-order valence-corrected chi connectivity index (χ2v) is 6.87. The molecule has 0 rings (SSSR count). The molecule has 0 N–H and O–H groups in total. The van der Waals surface area contributed by atoms with E-state index in [4.69, 9.17) is 14.2 Å². The lowest BCUT2D eigenvalue weighted by Gasteiger charge is -2.36. The minimum Gasteiger partial charge on any atom is -0.496 e. The van der Waals surface area contributed by atoms with Crippen LogP contribution in [-0.4, -0.2) is 56.1 Å².